The highest BCUT2D eigenvalue weighted by Crippen LogP contribution is 2.37. The normalized spacial score (nSPS) is 14.7. The third kappa shape index (κ3) is 4.76. The predicted octanol–water partition coefficient (Wildman–Crippen LogP) is 5.96. The van der Waals surface area contributed by atoms with E-state index in [9.17, 15) is 0 Å². The van der Waals surface area contributed by atoms with E-state index in [1.807, 2.05) is 48.3 Å². The van der Waals surface area contributed by atoms with Crippen LogP contribution >= 0.6 is 46.6 Å². The monoisotopic (exact) mass is 398 g/mol. The van der Waals surface area contributed by atoms with Crippen molar-refractivity contribution in [3.8, 4) is 0 Å². The molecule has 3 rings (SSSR count). The van der Waals surface area contributed by atoms with Gasteiger partial charge in [0.2, 0.25) is 0 Å². The van der Waals surface area contributed by atoms with Gasteiger partial charge in [0, 0.05) is 45.0 Å². The summed E-state index contributed by atoms with van der Waals surface area (Å²) in [6.45, 7) is 1.70. The average molecular weight is 400 g/mol. The number of nitrogens with one attached hydrogen (secondary N) is 1. The van der Waals surface area contributed by atoms with Crippen molar-refractivity contribution < 1.29 is 0 Å². The van der Waals surface area contributed by atoms with Gasteiger partial charge in [-0.05, 0) is 35.4 Å². The highest BCUT2D eigenvalue weighted by Gasteiger charge is 2.19. The van der Waals surface area contributed by atoms with Crippen LogP contribution in [0.3, 0.4) is 0 Å². The summed E-state index contributed by atoms with van der Waals surface area (Å²) in [7, 11) is 0. The van der Waals surface area contributed by atoms with Gasteiger partial charge in [0.1, 0.15) is 0 Å². The minimum atomic E-state index is 0.245. The lowest BCUT2D eigenvalue weighted by Crippen LogP contribution is -2.25. The van der Waals surface area contributed by atoms with E-state index in [1.165, 1.54) is 5.56 Å². The van der Waals surface area contributed by atoms with Crippen molar-refractivity contribution in [3.05, 3.63) is 81.1 Å². The number of halogens is 3. The number of benzene rings is 2. The van der Waals surface area contributed by atoms with Gasteiger partial charge < -0.3 is 10.2 Å². The van der Waals surface area contributed by atoms with Gasteiger partial charge in [-0.3, -0.25) is 0 Å². The zero-order valence-corrected chi connectivity index (χ0v) is 16.0. The van der Waals surface area contributed by atoms with Crippen molar-refractivity contribution in [2.75, 3.05) is 13.2 Å². The van der Waals surface area contributed by atoms with Crippen LogP contribution in [0.4, 0.5) is 0 Å². The highest BCUT2D eigenvalue weighted by atomic mass is 35.5. The molecule has 2 aromatic rings. The van der Waals surface area contributed by atoms with Crippen LogP contribution < -0.4 is 5.32 Å². The summed E-state index contributed by atoms with van der Waals surface area (Å²) < 4.78 is 0. The van der Waals surface area contributed by atoms with Crippen LogP contribution in [0, 0.1) is 0 Å². The van der Waals surface area contributed by atoms with E-state index in [0.29, 0.717) is 10.0 Å². The van der Waals surface area contributed by atoms with Crippen LogP contribution in [0.15, 0.2) is 54.9 Å². The minimum Gasteiger partial charge on any atom is -0.373 e. The Balaban J connectivity index is 1.75. The Morgan fingerprint density at radius 1 is 1.04 bits per heavy atom. The van der Waals surface area contributed by atoms with Gasteiger partial charge in [-0.15, -0.1) is 11.8 Å². The third-order valence-electron chi connectivity index (χ3n) is 3.77. The number of hydrogen-bond donors (Lipinski definition) is 1. The second-order valence-electron chi connectivity index (χ2n) is 5.54. The highest BCUT2D eigenvalue weighted by molar-refractivity contribution is 7.98. The molecule has 0 amide bonds. The van der Waals surface area contributed by atoms with E-state index in [1.54, 1.807) is 0 Å². The van der Waals surface area contributed by atoms with Gasteiger partial charge in [0.15, 0.2) is 0 Å². The maximum Gasteiger partial charge on any atom is 0.0868 e. The molecule has 0 fully saturated rings. The largest absolute Gasteiger partial charge is 0.373 e. The van der Waals surface area contributed by atoms with Gasteiger partial charge in [-0.2, -0.15) is 0 Å². The topological polar surface area (TPSA) is 15.3 Å². The Labute approximate surface area is 161 Å². The molecule has 126 valence electrons. The summed E-state index contributed by atoms with van der Waals surface area (Å²) in [5.41, 5.74) is 2.36. The zero-order valence-electron chi connectivity index (χ0n) is 12.9. The first-order valence-electron chi connectivity index (χ1n) is 7.57. The van der Waals surface area contributed by atoms with E-state index in [0.717, 1.165) is 29.6 Å². The van der Waals surface area contributed by atoms with E-state index in [4.69, 9.17) is 34.8 Å². The molecule has 1 aliphatic rings. The zero-order chi connectivity index (χ0) is 16.9. The molecule has 2 nitrogen and oxygen atoms in total. The lowest BCUT2D eigenvalue weighted by atomic mass is 10.1. The van der Waals surface area contributed by atoms with Crippen molar-refractivity contribution in [1.29, 1.82) is 0 Å². The van der Waals surface area contributed by atoms with Gasteiger partial charge in [-0.1, -0.05) is 53.0 Å². The van der Waals surface area contributed by atoms with Crippen LogP contribution in [0.5, 0.6) is 0 Å². The molecule has 2 aromatic carbocycles. The Kier molecular flexibility index (Phi) is 6.23. The number of rotatable bonds is 6. The summed E-state index contributed by atoms with van der Waals surface area (Å²) in [5, 5.41) is 5.58. The van der Waals surface area contributed by atoms with Crippen molar-refractivity contribution in [1.82, 2.24) is 10.2 Å². The number of thioether (sulfide) groups is 1. The van der Waals surface area contributed by atoms with E-state index in [2.05, 4.69) is 28.5 Å². The SMILES string of the molecule is Clc1ccc(CS[C@H](CN2C=CNC2)c2ccc(Cl)cc2Cl)cc1. The van der Waals surface area contributed by atoms with Crippen molar-refractivity contribution in [2.45, 2.75) is 11.0 Å². The maximum absolute atomic E-state index is 6.44. The first-order chi connectivity index (χ1) is 11.6. The number of nitrogens with zero attached hydrogens (tertiary/aromatic N) is 1. The molecule has 0 aromatic heterocycles. The van der Waals surface area contributed by atoms with Crippen molar-refractivity contribution in [3.63, 3.8) is 0 Å². The van der Waals surface area contributed by atoms with E-state index in [-0.39, 0.29) is 5.25 Å². The van der Waals surface area contributed by atoms with Crippen LogP contribution in [0.25, 0.3) is 0 Å². The summed E-state index contributed by atoms with van der Waals surface area (Å²) in [6.07, 6.45) is 4.03. The molecule has 24 heavy (non-hydrogen) atoms. The molecule has 1 N–H and O–H groups in total. The van der Waals surface area contributed by atoms with Crippen LogP contribution in [-0.4, -0.2) is 18.1 Å². The summed E-state index contributed by atoms with van der Waals surface area (Å²) >= 11 is 20.3. The van der Waals surface area contributed by atoms with E-state index < -0.39 is 0 Å². The minimum absolute atomic E-state index is 0.245. The summed E-state index contributed by atoms with van der Waals surface area (Å²) in [6, 6.07) is 13.7. The lowest BCUT2D eigenvalue weighted by molar-refractivity contribution is 0.392. The molecule has 1 atom stereocenters. The van der Waals surface area contributed by atoms with Crippen LogP contribution in [0.1, 0.15) is 16.4 Å². The maximum atomic E-state index is 6.44. The van der Waals surface area contributed by atoms with Crippen molar-refractivity contribution >= 4 is 46.6 Å². The molecule has 6 heteroatoms. The second-order valence-corrected chi connectivity index (χ2v) is 8.01. The predicted molar refractivity (Wildman–Crippen MR) is 106 cm³/mol. The quantitative estimate of drug-likeness (QED) is 0.645. The molecule has 1 aliphatic heterocycles. The van der Waals surface area contributed by atoms with Crippen LogP contribution in [-0.2, 0) is 5.75 Å². The Morgan fingerprint density at radius 2 is 1.79 bits per heavy atom. The molecule has 0 saturated heterocycles. The molecule has 0 aliphatic carbocycles. The molecular weight excluding hydrogens is 383 g/mol. The molecule has 0 radical (unpaired) electrons. The van der Waals surface area contributed by atoms with Gasteiger partial charge >= 0.3 is 0 Å². The first-order valence-corrected chi connectivity index (χ1v) is 9.75. The fourth-order valence-corrected chi connectivity index (χ4v) is 4.50. The molecule has 0 unspecified atom stereocenters. The molecule has 0 bridgehead atoms. The Bertz CT molecular complexity index is 719. The molecular formula is C18H17Cl3N2S. The molecule has 0 spiro atoms. The summed E-state index contributed by atoms with van der Waals surface area (Å²) in [5.74, 6) is 0.895. The molecule has 0 saturated carbocycles. The molecule has 1 heterocycles. The summed E-state index contributed by atoms with van der Waals surface area (Å²) in [4.78, 5) is 2.24. The number of hydrogen-bond acceptors (Lipinski definition) is 3. The fraction of sp³-hybridized carbons (Fsp3) is 0.222. The third-order valence-corrected chi connectivity index (χ3v) is 5.89. The van der Waals surface area contributed by atoms with Gasteiger partial charge in [-0.25, -0.2) is 0 Å². The Morgan fingerprint density at radius 3 is 2.46 bits per heavy atom. The first kappa shape index (κ1) is 17.8. The van der Waals surface area contributed by atoms with Crippen LogP contribution in [0.2, 0.25) is 15.1 Å². The Hall–Kier alpha value is -1.00. The van der Waals surface area contributed by atoms with Gasteiger partial charge in [0.05, 0.1) is 6.67 Å². The lowest BCUT2D eigenvalue weighted by Gasteiger charge is -2.24. The smallest absolute Gasteiger partial charge is 0.0868 e. The average Bonchev–Trinajstić information content (AvgIpc) is 3.06. The van der Waals surface area contributed by atoms with E-state index >= 15 is 0 Å². The van der Waals surface area contributed by atoms with Gasteiger partial charge in [0.25, 0.3) is 0 Å². The van der Waals surface area contributed by atoms with Crippen molar-refractivity contribution in [2.24, 2.45) is 0 Å². The standard InChI is InChI=1S/C18H17Cl3N2S/c19-14-3-1-13(2-4-14)11-24-18(10-23-8-7-22-12-23)16-6-5-15(20)9-17(16)21/h1-9,18,22H,10-12H2/t18-/m1/s1. The fourth-order valence-electron chi connectivity index (χ4n) is 2.50. The second kappa shape index (κ2) is 8.39.